The van der Waals surface area contributed by atoms with Crippen molar-refractivity contribution < 1.29 is 9.16 Å². The number of hydrogen-bond donors (Lipinski definition) is 0. The van der Waals surface area contributed by atoms with E-state index in [9.17, 15) is 0 Å². The molecule has 132 valence electrons. The van der Waals surface area contributed by atoms with E-state index in [0.717, 1.165) is 26.7 Å². The largest absolute Gasteiger partial charge is 0.542 e. The third-order valence-corrected chi connectivity index (χ3v) is 11.8. The molecule has 0 aromatic heterocycles. The predicted octanol–water partition coefficient (Wildman–Crippen LogP) is 7.17. The third kappa shape index (κ3) is 3.23. The minimum absolute atomic E-state index is 0.533. The average molecular weight is 409 g/mol. The number of ether oxygens (including phenoxy) is 1. The van der Waals surface area contributed by atoms with Crippen LogP contribution in [0.1, 0.15) is 41.5 Å². The summed E-state index contributed by atoms with van der Waals surface area (Å²) in [6, 6.07) is 10.3. The second-order valence-corrected chi connectivity index (χ2v) is 13.6. The highest BCUT2D eigenvalue weighted by atomic mass is 79.9. The molecule has 0 unspecified atom stereocenters. The minimum Gasteiger partial charge on any atom is -0.542 e. The normalized spacial score (nSPS) is 12.5. The van der Waals surface area contributed by atoms with Crippen molar-refractivity contribution in [1.82, 2.24) is 0 Å². The lowest BCUT2D eigenvalue weighted by Crippen LogP contribution is -2.50. The molecule has 0 aliphatic carbocycles. The highest BCUT2D eigenvalue weighted by Crippen LogP contribution is 2.46. The molecule has 0 amide bonds. The van der Waals surface area contributed by atoms with Gasteiger partial charge in [0.25, 0.3) is 8.32 Å². The maximum absolute atomic E-state index is 6.94. The number of halogens is 1. The lowest BCUT2D eigenvalue weighted by atomic mass is 10.1. The zero-order valence-electron chi connectivity index (χ0n) is 15.8. The molecule has 0 fully saturated rings. The van der Waals surface area contributed by atoms with Crippen LogP contribution in [0.2, 0.25) is 16.6 Å². The van der Waals surface area contributed by atoms with Crippen LogP contribution in [0, 0.1) is 0 Å². The van der Waals surface area contributed by atoms with E-state index in [1.54, 1.807) is 7.11 Å². The average Bonchev–Trinajstić information content (AvgIpc) is 2.52. The first-order valence-corrected chi connectivity index (χ1v) is 11.6. The van der Waals surface area contributed by atoms with Crippen molar-refractivity contribution in [1.29, 1.82) is 0 Å². The van der Waals surface area contributed by atoms with E-state index in [2.05, 4.69) is 75.7 Å². The zero-order chi connectivity index (χ0) is 18.1. The van der Waals surface area contributed by atoms with E-state index >= 15 is 0 Å². The Morgan fingerprint density at radius 1 is 0.833 bits per heavy atom. The van der Waals surface area contributed by atoms with Gasteiger partial charge in [0.05, 0.1) is 12.5 Å². The van der Waals surface area contributed by atoms with Crippen molar-refractivity contribution in [3.8, 4) is 11.5 Å². The Morgan fingerprint density at radius 2 is 1.42 bits per heavy atom. The standard InChI is InChI=1S/C20H29BrO2Si/c1-13(2)24(14(3)4,15(5)6)23-19-12-11-17(21)16-9-8-10-18(22-7)20(16)19/h8-15H,1-7H3. The molecule has 0 saturated heterocycles. The molecule has 2 aromatic rings. The number of benzene rings is 2. The predicted molar refractivity (Wildman–Crippen MR) is 110 cm³/mol. The fourth-order valence-corrected chi connectivity index (χ4v) is 9.83. The molecule has 0 heterocycles. The summed E-state index contributed by atoms with van der Waals surface area (Å²) in [4.78, 5) is 0. The van der Waals surface area contributed by atoms with Crippen molar-refractivity contribution in [2.75, 3.05) is 7.11 Å². The van der Waals surface area contributed by atoms with Crippen molar-refractivity contribution in [3.05, 3.63) is 34.8 Å². The van der Waals surface area contributed by atoms with Crippen LogP contribution in [0.5, 0.6) is 11.5 Å². The van der Waals surface area contributed by atoms with Gasteiger partial charge in [-0.05, 0) is 34.8 Å². The first-order valence-electron chi connectivity index (χ1n) is 8.69. The molecule has 0 N–H and O–H groups in total. The van der Waals surface area contributed by atoms with E-state index in [0.29, 0.717) is 16.6 Å². The second kappa shape index (κ2) is 7.48. The number of methoxy groups -OCH3 is 1. The fraction of sp³-hybridized carbons (Fsp3) is 0.500. The molecule has 0 atom stereocenters. The zero-order valence-corrected chi connectivity index (χ0v) is 18.4. The van der Waals surface area contributed by atoms with Crippen LogP contribution in [0.15, 0.2) is 34.8 Å². The molecule has 0 aliphatic heterocycles. The molecule has 0 aliphatic rings. The Labute approximate surface area is 155 Å². The van der Waals surface area contributed by atoms with Crippen molar-refractivity contribution in [2.24, 2.45) is 0 Å². The summed E-state index contributed by atoms with van der Waals surface area (Å²) >= 11 is 3.66. The molecule has 24 heavy (non-hydrogen) atoms. The van der Waals surface area contributed by atoms with Crippen LogP contribution in [0.3, 0.4) is 0 Å². The van der Waals surface area contributed by atoms with E-state index in [1.807, 2.05) is 12.1 Å². The summed E-state index contributed by atoms with van der Waals surface area (Å²) in [6.07, 6.45) is 0. The van der Waals surface area contributed by atoms with Gasteiger partial charge in [0.2, 0.25) is 0 Å². The monoisotopic (exact) mass is 408 g/mol. The van der Waals surface area contributed by atoms with Crippen LogP contribution in [-0.4, -0.2) is 15.4 Å². The number of hydrogen-bond acceptors (Lipinski definition) is 2. The van der Waals surface area contributed by atoms with Crippen LogP contribution in [-0.2, 0) is 0 Å². The number of rotatable bonds is 6. The van der Waals surface area contributed by atoms with Crippen LogP contribution >= 0.6 is 15.9 Å². The summed E-state index contributed by atoms with van der Waals surface area (Å²) in [6.45, 7) is 13.9. The van der Waals surface area contributed by atoms with Gasteiger partial charge in [-0.15, -0.1) is 0 Å². The Kier molecular flexibility index (Phi) is 6.03. The maximum atomic E-state index is 6.94. The highest BCUT2D eigenvalue weighted by molar-refractivity contribution is 9.10. The first kappa shape index (κ1) is 19.3. The molecule has 0 saturated carbocycles. The Morgan fingerprint density at radius 3 is 1.92 bits per heavy atom. The van der Waals surface area contributed by atoms with Gasteiger partial charge in [-0.3, -0.25) is 0 Å². The summed E-state index contributed by atoms with van der Waals surface area (Å²) in [7, 11) is -0.290. The smallest absolute Gasteiger partial charge is 0.258 e. The topological polar surface area (TPSA) is 18.5 Å². The van der Waals surface area contributed by atoms with Gasteiger partial charge in [0, 0.05) is 9.86 Å². The van der Waals surface area contributed by atoms with Gasteiger partial charge in [-0.1, -0.05) is 69.6 Å². The van der Waals surface area contributed by atoms with E-state index in [-0.39, 0.29) is 0 Å². The summed E-state index contributed by atoms with van der Waals surface area (Å²) in [5.74, 6) is 1.82. The first-order chi connectivity index (χ1) is 11.3. The van der Waals surface area contributed by atoms with E-state index < -0.39 is 8.32 Å². The molecular weight excluding hydrogens is 380 g/mol. The van der Waals surface area contributed by atoms with Gasteiger partial charge >= 0.3 is 0 Å². The Hall–Kier alpha value is -1.00. The molecule has 2 nitrogen and oxygen atoms in total. The molecule has 4 heteroatoms. The highest BCUT2D eigenvalue weighted by Gasteiger charge is 2.47. The Bertz CT molecular complexity index is 688. The minimum atomic E-state index is -2.01. The maximum Gasteiger partial charge on any atom is 0.258 e. The van der Waals surface area contributed by atoms with E-state index in [1.165, 1.54) is 0 Å². The molecule has 0 bridgehead atoms. The van der Waals surface area contributed by atoms with Gasteiger partial charge < -0.3 is 9.16 Å². The van der Waals surface area contributed by atoms with Gasteiger partial charge in [-0.2, -0.15) is 0 Å². The quantitative estimate of drug-likeness (QED) is 0.471. The van der Waals surface area contributed by atoms with Crippen LogP contribution < -0.4 is 9.16 Å². The summed E-state index contributed by atoms with van der Waals surface area (Å²) < 4.78 is 13.6. The molecule has 2 rings (SSSR count). The van der Waals surface area contributed by atoms with Crippen molar-refractivity contribution >= 4 is 35.0 Å². The number of fused-ring (bicyclic) bond motifs is 1. The summed E-state index contributed by atoms with van der Waals surface area (Å²) in [5, 5.41) is 2.19. The Balaban J connectivity index is 2.70. The molecular formula is C20H29BrO2Si. The SMILES string of the molecule is COc1cccc2c(Br)ccc(O[Si](C(C)C)(C(C)C)C(C)C)c12. The third-order valence-electron chi connectivity index (χ3n) is 5.12. The second-order valence-electron chi connectivity index (χ2n) is 7.35. The van der Waals surface area contributed by atoms with Gasteiger partial charge in [0.15, 0.2) is 0 Å². The molecule has 0 radical (unpaired) electrons. The fourth-order valence-electron chi connectivity index (χ4n) is 4.11. The van der Waals surface area contributed by atoms with Gasteiger partial charge in [0.1, 0.15) is 11.5 Å². The van der Waals surface area contributed by atoms with Crippen LogP contribution in [0.25, 0.3) is 10.8 Å². The van der Waals surface area contributed by atoms with Crippen molar-refractivity contribution in [2.45, 2.75) is 58.2 Å². The molecule has 0 spiro atoms. The molecule has 2 aromatic carbocycles. The van der Waals surface area contributed by atoms with Crippen molar-refractivity contribution in [3.63, 3.8) is 0 Å². The van der Waals surface area contributed by atoms with E-state index in [4.69, 9.17) is 9.16 Å². The lowest BCUT2D eigenvalue weighted by molar-refractivity contribution is 0.417. The van der Waals surface area contributed by atoms with Gasteiger partial charge in [-0.25, -0.2) is 0 Å². The summed E-state index contributed by atoms with van der Waals surface area (Å²) in [5.41, 5.74) is 1.60. The lowest BCUT2D eigenvalue weighted by Gasteiger charge is -2.42. The van der Waals surface area contributed by atoms with Crippen LogP contribution in [0.4, 0.5) is 0 Å².